The highest BCUT2D eigenvalue weighted by Crippen LogP contribution is 2.43. The Labute approximate surface area is 560 Å². The van der Waals surface area contributed by atoms with E-state index in [2.05, 4.69) is 59.1 Å². The zero-order chi connectivity index (χ0) is 69.0. The molecule has 7 amide bonds. The Morgan fingerprint density at radius 1 is 0.771 bits per heavy atom. The molecule has 30 heteroatoms. The fourth-order valence-corrected chi connectivity index (χ4v) is 14.5. The van der Waals surface area contributed by atoms with Crippen molar-refractivity contribution in [2.75, 3.05) is 77.6 Å². The van der Waals surface area contributed by atoms with Crippen molar-refractivity contribution in [3.05, 3.63) is 77.9 Å². The Morgan fingerprint density at radius 2 is 1.42 bits per heavy atom. The quantitative estimate of drug-likeness (QED) is 0.0443. The summed E-state index contributed by atoms with van der Waals surface area (Å²) in [5, 5.41) is 114. The number of aromatic nitrogens is 2. The standard InChI is InChI=1S/C66H92N12O17S/c1-36-34-78-55(56(36)86)61(91)69-33-44(81)31-46(70-57(87)39-10-12-40(13-11-39)62-74-75-63(96-62)41-14-16-43(17-15-41)76-25-20-66(94-3,21-26-76)42-7-5-4-6-8-42)58(88)71-52(37(2)80)64(92)77-35-45(82)32-47(77)59(89)72-53(60(90)73-54(65(78)93)49(84)19-22-67)50(85)29-38-9-18-48(83)51(30-38)95-28-24-68-23-27-79/h9-18,30,36-37,42,44-47,49-50,52-56,68,79-86H,4-8,19-29,31-35,67H2,1-3H3,(H,69,91)(H,70,87)(H,71,88)(H,72,89)(H,73,90)/t36-,37+,44+,45+,46-,47-,49+,50+,52-,53-,54-,55-,56-/m0/s1. The number of β-amino-alcohol motifs (C(OH)–C–C–N with tert-alkyl or cyclic N) is 1. The van der Waals surface area contributed by atoms with Gasteiger partial charge in [0.25, 0.3) is 5.91 Å². The molecule has 5 aliphatic rings. The van der Waals surface area contributed by atoms with Crippen molar-refractivity contribution in [2.24, 2.45) is 17.6 Å². The maximum atomic E-state index is 14.8. The zero-order valence-corrected chi connectivity index (χ0v) is 55.1. The van der Waals surface area contributed by atoms with Crippen LogP contribution in [-0.2, 0) is 39.9 Å². The van der Waals surface area contributed by atoms with E-state index in [-0.39, 0.29) is 74.0 Å². The molecular formula is C66H92N12O17S. The minimum Gasteiger partial charge on any atom is -0.504 e. The summed E-state index contributed by atoms with van der Waals surface area (Å²) in [4.78, 5) is 106. The number of carbonyl (C=O) groups is 7. The first-order valence-electron chi connectivity index (χ1n) is 33.0. The molecule has 1 saturated carbocycles. The molecule has 524 valence electrons. The number of nitrogens with two attached hydrogens (primary N) is 1. The number of methoxy groups -OCH3 is 1. The van der Waals surface area contributed by atoms with E-state index in [1.54, 1.807) is 12.1 Å². The maximum absolute atomic E-state index is 14.8. The first-order valence-corrected chi connectivity index (χ1v) is 33.8. The van der Waals surface area contributed by atoms with E-state index in [0.717, 1.165) is 53.9 Å². The van der Waals surface area contributed by atoms with Gasteiger partial charge >= 0.3 is 0 Å². The van der Waals surface area contributed by atoms with Crippen LogP contribution in [0.15, 0.2) is 66.7 Å². The Morgan fingerprint density at radius 3 is 2.06 bits per heavy atom. The van der Waals surface area contributed by atoms with Gasteiger partial charge in [-0.2, -0.15) is 0 Å². The van der Waals surface area contributed by atoms with Crippen LogP contribution in [0.3, 0.4) is 0 Å². The third kappa shape index (κ3) is 17.4. The number of aliphatic hydroxyl groups is 7. The van der Waals surface area contributed by atoms with E-state index in [0.29, 0.717) is 21.5 Å². The van der Waals surface area contributed by atoms with Crippen molar-refractivity contribution >= 4 is 58.4 Å². The number of ether oxygens (including phenoxy) is 2. The molecule has 16 N–H and O–H groups in total. The molecule has 0 unspecified atom stereocenters. The van der Waals surface area contributed by atoms with E-state index in [9.17, 15) is 69.3 Å². The number of aliphatic hydroxyl groups excluding tert-OH is 7. The number of rotatable bonds is 20. The molecule has 4 saturated heterocycles. The molecule has 0 spiro atoms. The molecule has 0 radical (unpaired) electrons. The number of phenolic OH excluding ortho intramolecular Hbond substituents is 1. The van der Waals surface area contributed by atoms with Crippen LogP contribution in [0.1, 0.15) is 94.0 Å². The van der Waals surface area contributed by atoms with Gasteiger partial charge in [-0.1, -0.05) is 55.7 Å². The molecule has 1 aromatic heterocycles. The second-order valence-corrected chi connectivity index (χ2v) is 26.8. The number of nitrogens with one attached hydrogen (secondary N) is 6. The van der Waals surface area contributed by atoms with Crippen LogP contribution in [0.25, 0.3) is 21.1 Å². The number of hydrogen-bond donors (Lipinski definition) is 15. The first-order chi connectivity index (χ1) is 46.0. The third-order valence-corrected chi connectivity index (χ3v) is 20.2. The predicted octanol–water partition coefficient (Wildman–Crippen LogP) is -1.60. The number of nitrogens with zero attached hydrogens (tertiary/aromatic N) is 5. The first kappa shape index (κ1) is 72.8. The number of anilines is 1. The van der Waals surface area contributed by atoms with Crippen molar-refractivity contribution in [2.45, 2.75) is 163 Å². The highest BCUT2D eigenvalue weighted by Gasteiger charge is 2.50. The number of aromatic hydroxyl groups is 1. The number of phenols is 1. The number of piperidine rings is 1. The van der Waals surface area contributed by atoms with Crippen LogP contribution in [0, 0.1) is 11.8 Å². The minimum absolute atomic E-state index is 0.0294. The number of amides is 7. The predicted molar refractivity (Wildman–Crippen MR) is 351 cm³/mol. The van der Waals surface area contributed by atoms with Gasteiger partial charge in [-0.25, -0.2) is 0 Å². The average molecular weight is 1360 g/mol. The Balaban J connectivity index is 0.949. The molecule has 29 nitrogen and oxygen atoms in total. The van der Waals surface area contributed by atoms with Gasteiger partial charge in [0, 0.05) is 100 Å². The lowest BCUT2D eigenvalue weighted by molar-refractivity contribution is -0.147. The number of fused-ring (bicyclic) bond motifs is 2. The summed E-state index contributed by atoms with van der Waals surface area (Å²) in [7, 11) is 1.86. The fraction of sp³-hybridized carbons (Fsp3) is 0.591. The van der Waals surface area contributed by atoms with Crippen LogP contribution in [0.5, 0.6) is 11.5 Å². The summed E-state index contributed by atoms with van der Waals surface area (Å²) >= 11 is 1.35. The van der Waals surface area contributed by atoms with Gasteiger partial charge in [-0.15, -0.1) is 10.2 Å². The average Bonchev–Trinajstić information content (AvgIpc) is 0.965. The van der Waals surface area contributed by atoms with E-state index >= 15 is 0 Å². The number of hydrogen-bond acceptors (Lipinski definition) is 23. The lowest BCUT2D eigenvalue weighted by atomic mass is 9.72. The Kier molecular flexibility index (Phi) is 25.1. The van der Waals surface area contributed by atoms with E-state index in [1.165, 1.54) is 80.7 Å². The molecule has 1 aliphatic carbocycles. The largest absolute Gasteiger partial charge is 0.504 e. The fourth-order valence-electron chi connectivity index (χ4n) is 13.7. The summed E-state index contributed by atoms with van der Waals surface area (Å²) in [6, 6.07) is 7.46. The second kappa shape index (κ2) is 33.2. The summed E-state index contributed by atoms with van der Waals surface area (Å²) < 4.78 is 11.9. The van der Waals surface area contributed by atoms with Gasteiger partial charge in [0.15, 0.2) is 11.5 Å². The van der Waals surface area contributed by atoms with Gasteiger partial charge in [-0.05, 0) is 106 Å². The van der Waals surface area contributed by atoms with Crippen molar-refractivity contribution in [1.29, 1.82) is 0 Å². The number of benzene rings is 3. The molecule has 4 aliphatic heterocycles. The molecular weight excluding hydrogens is 1260 g/mol. The van der Waals surface area contributed by atoms with E-state index in [4.69, 9.17) is 20.3 Å². The molecule has 13 atom stereocenters. The normalized spacial score (nSPS) is 26.9. The van der Waals surface area contributed by atoms with Gasteiger partial charge < -0.3 is 103 Å². The molecule has 3 aromatic carbocycles. The number of carbonyl (C=O) groups excluding carboxylic acids is 7. The summed E-state index contributed by atoms with van der Waals surface area (Å²) in [6.45, 7) is 3.24. The van der Waals surface area contributed by atoms with Crippen molar-refractivity contribution in [3.63, 3.8) is 0 Å². The molecule has 5 heterocycles. The topological polar surface area (TPSA) is 433 Å². The highest BCUT2D eigenvalue weighted by atomic mass is 32.1. The lowest BCUT2D eigenvalue weighted by Gasteiger charge is -2.47. The van der Waals surface area contributed by atoms with Crippen LogP contribution >= 0.6 is 11.3 Å². The monoisotopic (exact) mass is 1360 g/mol. The van der Waals surface area contributed by atoms with E-state index < -0.39 is 152 Å². The minimum atomic E-state index is -2.06. The molecule has 9 rings (SSSR count). The summed E-state index contributed by atoms with van der Waals surface area (Å²) in [6.07, 6.45) is -3.72. The molecule has 0 bridgehead atoms. The van der Waals surface area contributed by atoms with Crippen LogP contribution in [0.2, 0.25) is 0 Å². The van der Waals surface area contributed by atoms with Gasteiger partial charge in [0.05, 0.1) is 48.8 Å². The highest BCUT2D eigenvalue weighted by molar-refractivity contribution is 7.17. The Bertz CT molecular complexity index is 3310. The molecule has 96 heavy (non-hydrogen) atoms. The van der Waals surface area contributed by atoms with Crippen LogP contribution < -0.4 is 47.3 Å². The van der Waals surface area contributed by atoms with Crippen LogP contribution in [-0.4, -0.2) is 253 Å². The van der Waals surface area contributed by atoms with E-state index in [1.807, 2.05) is 19.2 Å². The third-order valence-electron chi connectivity index (χ3n) is 19.2. The maximum Gasteiger partial charge on any atom is 0.251 e. The molecule has 5 fully saturated rings. The lowest BCUT2D eigenvalue weighted by Crippen LogP contribution is -2.64. The van der Waals surface area contributed by atoms with Gasteiger partial charge in [0.2, 0.25) is 35.4 Å². The molecule has 4 aromatic rings. The zero-order valence-electron chi connectivity index (χ0n) is 54.3. The Hall–Kier alpha value is -7.49. The summed E-state index contributed by atoms with van der Waals surface area (Å²) in [5.74, 6) is -8.08. The van der Waals surface area contributed by atoms with Crippen molar-refractivity contribution in [1.82, 2.24) is 51.9 Å². The summed E-state index contributed by atoms with van der Waals surface area (Å²) in [5.41, 5.74) is 8.65. The van der Waals surface area contributed by atoms with Gasteiger partial charge in [0.1, 0.15) is 52.9 Å². The van der Waals surface area contributed by atoms with Crippen molar-refractivity contribution < 1.29 is 83.9 Å². The van der Waals surface area contributed by atoms with Crippen molar-refractivity contribution in [3.8, 4) is 32.6 Å². The second-order valence-electron chi connectivity index (χ2n) is 25.8. The van der Waals surface area contributed by atoms with Gasteiger partial charge in [-0.3, -0.25) is 33.6 Å². The van der Waals surface area contributed by atoms with Crippen LogP contribution in [0.4, 0.5) is 5.69 Å². The SMILES string of the molecule is COC1(C2CCCCC2)CCN(c2ccc(-c3nnc(-c4ccc(C(=O)N[C@H]5C[C@@H](O)CNC(=O)[C@@H]6[C@@H](O)[C@@H](C)CN6C(=O)[C@H]([C@H](O)CCN)NC(=O)[C@H]([C@H](O)Cc6ccc(O)c(OCCNCCO)c6)NC(=O)[C@@H]6C[C@@H](O)CN6C(=O)[C@H]([C@@H](C)O)NC5=O)cc4)s3)cc2)CC1. The smallest absolute Gasteiger partial charge is 0.251 e.